The highest BCUT2D eigenvalue weighted by atomic mass is 19.3. The lowest BCUT2D eigenvalue weighted by molar-refractivity contribution is -0.0481. The second kappa shape index (κ2) is 5.61. The Labute approximate surface area is 83.7 Å². The molecule has 0 bridgehead atoms. The van der Waals surface area contributed by atoms with E-state index in [0.29, 0.717) is 12.5 Å². The highest BCUT2D eigenvalue weighted by Crippen LogP contribution is 2.23. The van der Waals surface area contributed by atoms with Gasteiger partial charge in [0, 0.05) is 0 Å². The molecule has 0 saturated heterocycles. The van der Waals surface area contributed by atoms with Crippen LogP contribution in [0.5, 0.6) is 0 Å². The summed E-state index contributed by atoms with van der Waals surface area (Å²) in [6.07, 6.45) is 6.03. The molecule has 1 fully saturated rings. The van der Waals surface area contributed by atoms with Gasteiger partial charge in [0.15, 0.2) is 0 Å². The first-order valence-electron chi connectivity index (χ1n) is 5.33. The van der Waals surface area contributed by atoms with Gasteiger partial charge >= 0.3 is 0 Å². The third-order valence-corrected chi connectivity index (χ3v) is 2.77. The fraction of sp³-hybridized carbons (Fsp3) is 1.00. The van der Waals surface area contributed by atoms with Crippen LogP contribution in [0, 0.1) is 5.92 Å². The van der Waals surface area contributed by atoms with E-state index in [-0.39, 0.29) is 0 Å². The lowest BCUT2D eigenvalue weighted by Gasteiger charge is -2.23. The van der Waals surface area contributed by atoms with E-state index >= 15 is 0 Å². The molecule has 1 rings (SSSR count). The molecular formula is C10H19F2NO. The smallest absolute Gasteiger partial charge is 0.282 e. The van der Waals surface area contributed by atoms with Crippen LogP contribution in [0.25, 0.3) is 0 Å². The van der Waals surface area contributed by atoms with Crippen molar-refractivity contribution in [1.82, 2.24) is 5.32 Å². The number of halogens is 2. The van der Waals surface area contributed by atoms with Crippen LogP contribution >= 0.6 is 0 Å². The Balaban J connectivity index is 2.08. The van der Waals surface area contributed by atoms with Crippen molar-refractivity contribution in [2.24, 2.45) is 5.92 Å². The predicted molar refractivity (Wildman–Crippen MR) is 51.5 cm³/mol. The zero-order valence-corrected chi connectivity index (χ0v) is 8.44. The Bertz CT molecular complexity index is 158. The van der Waals surface area contributed by atoms with Crippen LogP contribution in [0.3, 0.4) is 0 Å². The molecule has 0 aromatic rings. The summed E-state index contributed by atoms with van der Waals surface area (Å²) < 4.78 is 25.2. The SMILES string of the molecule is OCC(F)(F)CNCC1CCCCC1. The maximum Gasteiger partial charge on any atom is 0.282 e. The molecule has 0 unspecified atom stereocenters. The second-order valence-corrected chi connectivity index (χ2v) is 4.15. The quantitative estimate of drug-likeness (QED) is 0.720. The van der Waals surface area contributed by atoms with Crippen LogP contribution in [0.15, 0.2) is 0 Å². The topological polar surface area (TPSA) is 32.3 Å². The van der Waals surface area contributed by atoms with E-state index in [1.807, 2.05) is 0 Å². The molecule has 0 atom stereocenters. The van der Waals surface area contributed by atoms with Crippen LogP contribution in [-0.4, -0.2) is 30.7 Å². The lowest BCUT2D eigenvalue weighted by Crippen LogP contribution is -2.38. The highest BCUT2D eigenvalue weighted by Gasteiger charge is 2.27. The average molecular weight is 207 g/mol. The number of aliphatic hydroxyl groups is 1. The summed E-state index contributed by atoms with van der Waals surface area (Å²) >= 11 is 0. The number of alkyl halides is 2. The summed E-state index contributed by atoms with van der Waals surface area (Å²) in [5, 5.41) is 11.1. The van der Waals surface area contributed by atoms with Crippen molar-refractivity contribution >= 4 is 0 Å². The molecule has 84 valence electrons. The molecule has 1 aliphatic carbocycles. The van der Waals surface area contributed by atoms with Crippen LogP contribution in [0.2, 0.25) is 0 Å². The maximum atomic E-state index is 12.6. The first kappa shape index (κ1) is 11.9. The van der Waals surface area contributed by atoms with Crippen LogP contribution in [0.4, 0.5) is 8.78 Å². The molecule has 14 heavy (non-hydrogen) atoms. The largest absolute Gasteiger partial charge is 0.390 e. The fourth-order valence-corrected chi connectivity index (χ4v) is 1.91. The first-order chi connectivity index (χ1) is 6.64. The summed E-state index contributed by atoms with van der Waals surface area (Å²) in [4.78, 5) is 0. The standard InChI is InChI=1S/C10H19F2NO/c11-10(12,8-14)7-13-6-9-4-2-1-3-5-9/h9,13-14H,1-8H2. The number of hydrogen-bond acceptors (Lipinski definition) is 2. The zero-order valence-electron chi connectivity index (χ0n) is 8.44. The van der Waals surface area contributed by atoms with Crippen LogP contribution < -0.4 is 5.32 Å². The summed E-state index contributed by atoms with van der Waals surface area (Å²) in [5.74, 6) is -2.41. The van der Waals surface area contributed by atoms with Crippen molar-refractivity contribution in [2.45, 2.75) is 38.0 Å². The predicted octanol–water partition coefficient (Wildman–Crippen LogP) is 1.78. The van der Waals surface area contributed by atoms with Crippen molar-refractivity contribution in [3.05, 3.63) is 0 Å². The van der Waals surface area contributed by atoms with Gasteiger partial charge in [0.2, 0.25) is 0 Å². The van der Waals surface area contributed by atoms with Gasteiger partial charge in [0.1, 0.15) is 6.61 Å². The van der Waals surface area contributed by atoms with Gasteiger partial charge < -0.3 is 10.4 Å². The van der Waals surface area contributed by atoms with Gasteiger partial charge in [0.25, 0.3) is 5.92 Å². The van der Waals surface area contributed by atoms with E-state index in [0.717, 1.165) is 12.8 Å². The third-order valence-electron chi connectivity index (χ3n) is 2.77. The minimum Gasteiger partial charge on any atom is -0.390 e. The summed E-state index contributed by atoms with van der Waals surface area (Å²) in [7, 11) is 0. The molecule has 4 heteroatoms. The minimum atomic E-state index is -2.96. The Morgan fingerprint density at radius 1 is 1.21 bits per heavy atom. The highest BCUT2D eigenvalue weighted by molar-refractivity contribution is 4.72. The molecule has 0 aliphatic heterocycles. The molecule has 0 heterocycles. The normalized spacial score (nSPS) is 19.9. The summed E-state index contributed by atoms with van der Waals surface area (Å²) in [6.45, 7) is -0.805. The lowest BCUT2D eigenvalue weighted by atomic mass is 9.89. The maximum absolute atomic E-state index is 12.6. The molecule has 0 spiro atoms. The van der Waals surface area contributed by atoms with Crippen molar-refractivity contribution in [2.75, 3.05) is 19.7 Å². The summed E-state index contributed by atoms with van der Waals surface area (Å²) in [5.41, 5.74) is 0. The van der Waals surface area contributed by atoms with Gasteiger partial charge in [-0.1, -0.05) is 19.3 Å². The van der Waals surface area contributed by atoms with E-state index in [4.69, 9.17) is 5.11 Å². The average Bonchev–Trinajstić information content (AvgIpc) is 2.19. The van der Waals surface area contributed by atoms with Crippen LogP contribution in [0.1, 0.15) is 32.1 Å². The van der Waals surface area contributed by atoms with Crippen molar-refractivity contribution in [3.63, 3.8) is 0 Å². The zero-order chi connectivity index (χ0) is 10.4. The molecule has 0 aromatic heterocycles. The molecule has 1 saturated carbocycles. The van der Waals surface area contributed by atoms with Gasteiger partial charge in [-0.25, -0.2) is 8.78 Å². The van der Waals surface area contributed by atoms with Crippen molar-refractivity contribution in [1.29, 1.82) is 0 Å². The molecular weight excluding hydrogens is 188 g/mol. The third kappa shape index (κ3) is 4.33. The number of nitrogens with one attached hydrogen (secondary N) is 1. The Morgan fingerprint density at radius 3 is 2.43 bits per heavy atom. The number of hydrogen-bond donors (Lipinski definition) is 2. The van der Waals surface area contributed by atoms with E-state index in [1.54, 1.807) is 0 Å². The fourth-order valence-electron chi connectivity index (χ4n) is 1.91. The van der Waals surface area contributed by atoms with Crippen molar-refractivity contribution < 1.29 is 13.9 Å². The van der Waals surface area contributed by atoms with E-state index in [1.165, 1.54) is 19.3 Å². The minimum absolute atomic E-state index is 0.403. The van der Waals surface area contributed by atoms with Gasteiger partial charge in [0.05, 0.1) is 6.54 Å². The Morgan fingerprint density at radius 2 is 1.86 bits per heavy atom. The van der Waals surface area contributed by atoms with E-state index < -0.39 is 19.1 Å². The second-order valence-electron chi connectivity index (χ2n) is 4.15. The molecule has 0 radical (unpaired) electrons. The molecule has 1 aliphatic rings. The van der Waals surface area contributed by atoms with Crippen LogP contribution in [-0.2, 0) is 0 Å². The number of aliphatic hydroxyl groups excluding tert-OH is 1. The van der Waals surface area contributed by atoms with Gasteiger partial charge in [-0.05, 0) is 25.3 Å². The Hall–Kier alpha value is -0.220. The summed E-state index contributed by atoms with van der Waals surface area (Å²) in [6, 6.07) is 0. The van der Waals surface area contributed by atoms with E-state index in [9.17, 15) is 8.78 Å². The first-order valence-corrected chi connectivity index (χ1v) is 5.33. The van der Waals surface area contributed by atoms with Gasteiger partial charge in [-0.3, -0.25) is 0 Å². The van der Waals surface area contributed by atoms with Gasteiger partial charge in [-0.15, -0.1) is 0 Å². The molecule has 2 N–H and O–H groups in total. The van der Waals surface area contributed by atoms with Crippen molar-refractivity contribution in [3.8, 4) is 0 Å². The van der Waals surface area contributed by atoms with Gasteiger partial charge in [-0.2, -0.15) is 0 Å². The molecule has 0 amide bonds. The van der Waals surface area contributed by atoms with E-state index in [2.05, 4.69) is 5.32 Å². The molecule has 2 nitrogen and oxygen atoms in total. The Kier molecular flexibility index (Phi) is 4.75. The molecule has 0 aromatic carbocycles. The monoisotopic (exact) mass is 207 g/mol. The number of rotatable bonds is 5.